The molecule has 0 aromatic heterocycles. The molecule has 2 aliphatic heterocycles. The van der Waals surface area contributed by atoms with E-state index in [4.69, 9.17) is 0 Å². The molecule has 2 rings (SSSR count). The quantitative estimate of drug-likeness (QED) is 0.805. The number of amides is 3. The highest BCUT2D eigenvalue weighted by atomic mass is 16.2. The van der Waals surface area contributed by atoms with Crippen LogP contribution < -0.4 is 5.32 Å². The normalized spacial score (nSPS) is 22.2. The summed E-state index contributed by atoms with van der Waals surface area (Å²) in [5.41, 5.74) is 0. The van der Waals surface area contributed by atoms with E-state index in [2.05, 4.69) is 17.1 Å². The molecule has 1 atom stereocenters. The van der Waals surface area contributed by atoms with Crippen LogP contribution >= 0.6 is 0 Å². The van der Waals surface area contributed by atoms with Gasteiger partial charge in [-0.3, -0.25) is 4.79 Å². The smallest absolute Gasteiger partial charge is 0.317 e. The van der Waals surface area contributed by atoms with Crippen LogP contribution in [0.5, 0.6) is 0 Å². The fourth-order valence-corrected chi connectivity index (χ4v) is 3.77. The van der Waals surface area contributed by atoms with Crippen LogP contribution in [-0.4, -0.2) is 78.5 Å². The number of nitrogens with one attached hydrogen (secondary N) is 1. The Morgan fingerprint density at radius 1 is 1.12 bits per heavy atom. The van der Waals surface area contributed by atoms with Crippen molar-refractivity contribution in [3.05, 3.63) is 0 Å². The third-order valence-corrected chi connectivity index (χ3v) is 5.16. The second kappa shape index (κ2) is 9.87. The largest absolute Gasteiger partial charge is 0.338 e. The van der Waals surface area contributed by atoms with Crippen LogP contribution in [0.3, 0.4) is 0 Å². The van der Waals surface area contributed by atoms with Gasteiger partial charge in [0.05, 0.1) is 0 Å². The van der Waals surface area contributed by atoms with Gasteiger partial charge in [0.25, 0.3) is 0 Å². The molecule has 0 saturated carbocycles. The Morgan fingerprint density at radius 2 is 1.88 bits per heavy atom. The summed E-state index contributed by atoms with van der Waals surface area (Å²) in [5, 5.41) is 2.95. The van der Waals surface area contributed by atoms with Crippen LogP contribution in [0, 0.1) is 0 Å². The summed E-state index contributed by atoms with van der Waals surface area (Å²) in [6.45, 7) is 9.93. The second-order valence-corrected chi connectivity index (χ2v) is 7.09. The van der Waals surface area contributed by atoms with Crippen molar-refractivity contribution < 1.29 is 9.59 Å². The van der Waals surface area contributed by atoms with Crippen molar-refractivity contribution in [3.8, 4) is 0 Å². The van der Waals surface area contributed by atoms with Gasteiger partial charge in [-0.05, 0) is 45.2 Å². The molecule has 2 heterocycles. The van der Waals surface area contributed by atoms with Crippen LogP contribution in [0.1, 0.15) is 52.4 Å². The van der Waals surface area contributed by atoms with Crippen LogP contribution in [0.2, 0.25) is 0 Å². The lowest BCUT2D eigenvalue weighted by Gasteiger charge is -2.40. The van der Waals surface area contributed by atoms with Gasteiger partial charge in [0, 0.05) is 45.7 Å². The predicted octanol–water partition coefficient (Wildman–Crippen LogP) is 1.90. The molecule has 3 amide bonds. The third kappa shape index (κ3) is 5.65. The third-order valence-electron chi connectivity index (χ3n) is 5.16. The summed E-state index contributed by atoms with van der Waals surface area (Å²) in [6.07, 6.45) is 6.79. The minimum Gasteiger partial charge on any atom is -0.338 e. The van der Waals surface area contributed by atoms with Gasteiger partial charge in [-0.15, -0.1) is 0 Å². The van der Waals surface area contributed by atoms with E-state index in [1.54, 1.807) is 6.92 Å². The van der Waals surface area contributed by atoms with Crippen molar-refractivity contribution in [1.82, 2.24) is 20.0 Å². The van der Waals surface area contributed by atoms with E-state index >= 15 is 0 Å². The summed E-state index contributed by atoms with van der Waals surface area (Å²) in [4.78, 5) is 30.7. The predicted molar refractivity (Wildman–Crippen MR) is 96.0 cm³/mol. The van der Waals surface area contributed by atoms with Gasteiger partial charge in [-0.1, -0.05) is 13.3 Å². The molecule has 1 unspecified atom stereocenters. The van der Waals surface area contributed by atoms with Gasteiger partial charge in [-0.25, -0.2) is 4.79 Å². The second-order valence-electron chi connectivity index (χ2n) is 7.09. The van der Waals surface area contributed by atoms with Crippen LogP contribution in [0.4, 0.5) is 4.79 Å². The van der Waals surface area contributed by atoms with Gasteiger partial charge in [0.15, 0.2) is 0 Å². The first-order chi connectivity index (χ1) is 11.6. The van der Waals surface area contributed by atoms with E-state index in [1.165, 1.54) is 19.3 Å². The zero-order valence-corrected chi connectivity index (χ0v) is 15.4. The summed E-state index contributed by atoms with van der Waals surface area (Å²) in [6, 6.07) is 0.175. The Labute approximate surface area is 146 Å². The summed E-state index contributed by atoms with van der Waals surface area (Å²) >= 11 is 0. The number of rotatable bonds is 6. The Bertz CT molecular complexity index is 410. The minimum absolute atomic E-state index is 0.0149. The van der Waals surface area contributed by atoms with Crippen molar-refractivity contribution in [2.45, 2.75) is 58.4 Å². The highest BCUT2D eigenvalue weighted by Gasteiger charge is 2.29. The molecular weight excluding hydrogens is 304 g/mol. The highest BCUT2D eigenvalue weighted by molar-refractivity contribution is 5.75. The molecule has 2 saturated heterocycles. The Morgan fingerprint density at radius 3 is 2.54 bits per heavy atom. The van der Waals surface area contributed by atoms with Gasteiger partial charge in [-0.2, -0.15) is 0 Å². The van der Waals surface area contributed by atoms with Gasteiger partial charge >= 0.3 is 6.03 Å². The Balaban J connectivity index is 1.86. The van der Waals surface area contributed by atoms with E-state index < -0.39 is 0 Å². The Kier molecular flexibility index (Phi) is 7.82. The number of carbonyl (C=O) groups excluding carboxylic acids is 2. The molecule has 0 aromatic rings. The maximum absolute atomic E-state index is 12.2. The fourth-order valence-electron chi connectivity index (χ4n) is 3.77. The molecule has 138 valence electrons. The first kappa shape index (κ1) is 19.0. The lowest BCUT2D eigenvalue weighted by Crippen LogP contribution is -2.54. The van der Waals surface area contributed by atoms with E-state index in [9.17, 15) is 9.59 Å². The summed E-state index contributed by atoms with van der Waals surface area (Å²) < 4.78 is 0. The lowest BCUT2D eigenvalue weighted by atomic mass is 10.0. The molecule has 6 nitrogen and oxygen atoms in total. The Hall–Kier alpha value is -1.30. The van der Waals surface area contributed by atoms with Crippen molar-refractivity contribution >= 4 is 11.9 Å². The van der Waals surface area contributed by atoms with Crippen molar-refractivity contribution in [2.75, 3.05) is 45.8 Å². The van der Waals surface area contributed by atoms with E-state index in [1.807, 2.05) is 9.80 Å². The van der Waals surface area contributed by atoms with Crippen molar-refractivity contribution in [2.24, 2.45) is 0 Å². The maximum Gasteiger partial charge on any atom is 0.317 e. The lowest BCUT2D eigenvalue weighted by molar-refractivity contribution is -0.132. The molecule has 2 fully saturated rings. The zero-order chi connectivity index (χ0) is 17.4. The first-order valence-corrected chi connectivity index (χ1v) is 9.64. The molecule has 2 aliphatic rings. The number of hydrogen-bond donors (Lipinski definition) is 1. The number of carbonyl (C=O) groups is 2. The average molecular weight is 338 g/mol. The molecule has 0 aromatic carbocycles. The van der Waals surface area contributed by atoms with E-state index in [0.29, 0.717) is 13.1 Å². The van der Waals surface area contributed by atoms with Crippen molar-refractivity contribution in [3.63, 3.8) is 0 Å². The number of hydrogen-bond acceptors (Lipinski definition) is 3. The number of nitrogens with zero attached hydrogens (tertiary/aromatic N) is 3. The maximum atomic E-state index is 12.2. The molecule has 0 spiro atoms. The summed E-state index contributed by atoms with van der Waals surface area (Å²) in [7, 11) is 0. The van der Waals surface area contributed by atoms with E-state index in [-0.39, 0.29) is 18.0 Å². The number of likely N-dealkylation sites (tertiary alicyclic amines) is 2. The topological polar surface area (TPSA) is 55.9 Å². The SMILES string of the molecule is CCCNC(=O)N1CCCC(N(CCN2CCCCC2)C(C)=O)C1. The van der Waals surface area contributed by atoms with Crippen molar-refractivity contribution in [1.29, 1.82) is 0 Å². The average Bonchev–Trinajstić information content (AvgIpc) is 2.60. The molecule has 24 heavy (non-hydrogen) atoms. The number of piperidine rings is 2. The van der Waals surface area contributed by atoms with Crippen LogP contribution in [0.15, 0.2) is 0 Å². The molecule has 6 heteroatoms. The monoisotopic (exact) mass is 338 g/mol. The minimum atomic E-state index is 0.0149. The van der Waals surface area contributed by atoms with Crippen LogP contribution in [-0.2, 0) is 4.79 Å². The van der Waals surface area contributed by atoms with Crippen LogP contribution in [0.25, 0.3) is 0 Å². The van der Waals surface area contributed by atoms with Gasteiger partial charge in [0.2, 0.25) is 5.91 Å². The number of urea groups is 1. The van der Waals surface area contributed by atoms with E-state index in [0.717, 1.165) is 52.0 Å². The standard InChI is InChI=1S/C18H34N4O2/c1-3-9-19-18(24)21-12-7-8-17(15-21)22(16(2)23)14-13-20-10-5-4-6-11-20/h17H,3-15H2,1-2H3,(H,19,24). The van der Waals surface area contributed by atoms with Gasteiger partial charge in [0.1, 0.15) is 0 Å². The first-order valence-electron chi connectivity index (χ1n) is 9.64. The molecule has 0 bridgehead atoms. The summed E-state index contributed by atoms with van der Waals surface area (Å²) in [5.74, 6) is 0.132. The van der Waals surface area contributed by atoms with Gasteiger partial charge < -0.3 is 20.0 Å². The molecule has 0 aliphatic carbocycles. The molecule has 0 radical (unpaired) electrons. The molecular formula is C18H34N4O2. The molecule has 1 N–H and O–H groups in total. The highest BCUT2D eigenvalue weighted by Crippen LogP contribution is 2.17. The fraction of sp³-hybridized carbons (Fsp3) is 0.889. The zero-order valence-electron chi connectivity index (χ0n) is 15.4.